The summed E-state index contributed by atoms with van der Waals surface area (Å²) in [5, 5.41) is 1.44. The van der Waals surface area contributed by atoms with Gasteiger partial charge in [0, 0.05) is 29.2 Å². The summed E-state index contributed by atoms with van der Waals surface area (Å²) in [6.07, 6.45) is 3.73. The Kier molecular flexibility index (Phi) is 4.69. The first kappa shape index (κ1) is 13.2. The molecule has 0 aliphatic carbocycles. The second-order valence-electron chi connectivity index (χ2n) is 4.59. The fraction of sp³-hybridized carbons (Fsp3) is 0.538. The van der Waals surface area contributed by atoms with Gasteiger partial charge in [-0.15, -0.1) is 0 Å². The standard InChI is InChI=1S/C13H18Cl2N2/c14-11-5-4-10(13(15)7-11)9-17-6-2-1-3-12(17)8-16/h4-5,7,12H,1-3,6,8-9,16H2/t12-/m1/s1. The van der Waals surface area contributed by atoms with Crippen LogP contribution in [0.3, 0.4) is 0 Å². The number of nitrogens with zero attached hydrogens (tertiary/aromatic N) is 1. The molecular weight excluding hydrogens is 255 g/mol. The molecule has 1 fully saturated rings. The smallest absolute Gasteiger partial charge is 0.0465 e. The molecule has 0 spiro atoms. The molecule has 94 valence electrons. The van der Waals surface area contributed by atoms with E-state index >= 15 is 0 Å². The van der Waals surface area contributed by atoms with Crippen molar-refractivity contribution >= 4 is 23.2 Å². The van der Waals surface area contributed by atoms with Gasteiger partial charge in [-0.25, -0.2) is 0 Å². The van der Waals surface area contributed by atoms with Crippen LogP contribution in [0.25, 0.3) is 0 Å². The Hall–Kier alpha value is -0.280. The molecule has 1 aromatic rings. The summed E-state index contributed by atoms with van der Waals surface area (Å²) in [7, 11) is 0. The van der Waals surface area contributed by atoms with Crippen LogP contribution in [-0.2, 0) is 6.54 Å². The normalized spacial score (nSPS) is 21.7. The molecule has 17 heavy (non-hydrogen) atoms. The largest absolute Gasteiger partial charge is 0.329 e. The van der Waals surface area contributed by atoms with Crippen LogP contribution in [-0.4, -0.2) is 24.0 Å². The zero-order valence-corrected chi connectivity index (χ0v) is 11.3. The maximum absolute atomic E-state index is 6.20. The van der Waals surface area contributed by atoms with E-state index in [9.17, 15) is 0 Å². The van der Waals surface area contributed by atoms with Crippen LogP contribution < -0.4 is 5.73 Å². The molecule has 2 N–H and O–H groups in total. The number of benzene rings is 1. The molecular formula is C13H18Cl2N2. The summed E-state index contributed by atoms with van der Waals surface area (Å²) >= 11 is 12.1. The van der Waals surface area contributed by atoms with Gasteiger partial charge in [0.1, 0.15) is 0 Å². The van der Waals surface area contributed by atoms with Crippen LogP contribution in [0, 0.1) is 0 Å². The van der Waals surface area contributed by atoms with Gasteiger partial charge in [0.05, 0.1) is 0 Å². The summed E-state index contributed by atoms with van der Waals surface area (Å²) in [4.78, 5) is 2.43. The first-order valence-corrected chi connectivity index (χ1v) is 6.84. The van der Waals surface area contributed by atoms with Gasteiger partial charge in [-0.2, -0.15) is 0 Å². The highest BCUT2D eigenvalue weighted by Gasteiger charge is 2.21. The van der Waals surface area contributed by atoms with E-state index in [1.165, 1.54) is 19.3 Å². The van der Waals surface area contributed by atoms with Crippen molar-refractivity contribution in [1.82, 2.24) is 4.90 Å². The summed E-state index contributed by atoms with van der Waals surface area (Å²) in [6.45, 7) is 2.71. The van der Waals surface area contributed by atoms with E-state index in [1.54, 1.807) is 6.07 Å². The number of nitrogens with two attached hydrogens (primary N) is 1. The second-order valence-corrected chi connectivity index (χ2v) is 5.44. The summed E-state index contributed by atoms with van der Waals surface area (Å²) in [5.74, 6) is 0. The number of hydrogen-bond acceptors (Lipinski definition) is 2. The molecule has 1 heterocycles. The molecule has 1 aromatic carbocycles. The number of hydrogen-bond donors (Lipinski definition) is 1. The molecule has 0 bridgehead atoms. The monoisotopic (exact) mass is 272 g/mol. The SMILES string of the molecule is NC[C@H]1CCCCN1Cc1ccc(Cl)cc1Cl. The van der Waals surface area contributed by atoms with Crippen molar-refractivity contribution in [3.8, 4) is 0 Å². The molecule has 0 unspecified atom stereocenters. The van der Waals surface area contributed by atoms with Crippen LogP contribution in [0.1, 0.15) is 24.8 Å². The Bertz CT molecular complexity index is 382. The van der Waals surface area contributed by atoms with Crippen molar-refractivity contribution in [3.63, 3.8) is 0 Å². The highest BCUT2D eigenvalue weighted by molar-refractivity contribution is 6.35. The van der Waals surface area contributed by atoms with Crippen LogP contribution >= 0.6 is 23.2 Å². The topological polar surface area (TPSA) is 29.3 Å². The molecule has 4 heteroatoms. The minimum Gasteiger partial charge on any atom is -0.329 e. The Morgan fingerprint density at radius 3 is 2.82 bits per heavy atom. The lowest BCUT2D eigenvalue weighted by atomic mass is 10.0. The molecule has 1 aliphatic rings. The first-order chi connectivity index (χ1) is 8.20. The molecule has 2 rings (SSSR count). The molecule has 0 saturated carbocycles. The molecule has 1 saturated heterocycles. The molecule has 0 aromatic heterocycles. The Labute approximate surface area is 113 Å². The van der Waals surface area contributed by atoms with E-state index in [0.717, 1.165) is 30.2 Å². The van der Waals surface area contributed by atoms with Crippen LogP contribution in [0.2, 0.25) is 10.0 Å². The fourth-order valence-corrected chi connectivity index (χ4v) is 2.87. The van der Waals surface area contributed by atoms with Crippen molar-refractivity contribution in [2.45, 2.75) is 31.8 Å². The van der Waals surface area contributed by atoms with Gasteiger partial charge in [0.2, 0.25) is 0 Å². The van der Waals surface area contributed by atoms with Crippen molar-refractivity contribution < 1.29 is 0 Å². The average Bonchev–Trinajstić information content (AvgIpc) is 2.33. The van der Waals surface area contributed by atoms with E-state index in [-0.39, 0.29) is 0 Å². The summed E-state index contributed by atoms with van der Waals surface area (Å²) < 4.78 is 0. The van der Waals surface area contributed by atoms with Crippen molar-refractivity contribution in [2.24, 2.45) is 5.73 Å². The predicted octanol–water partition coefficient (Wildman–Crippen LogP) is 3.31. The summed E-state index contributed by atoms with van der Waals surface area (Å²) in [6, 6.07) is 6.20. The minimum atomic E-state index is 0.496. The van der Waals surface area contributed by atoms with Crippen LogP contribution in [0.5, 0.6) is 0 Å². The number of likely N-dealkylation sites (tertiary alicyclic amines) is 1. The van der Waals surface area contributed by atoms with E-state index < -0.39 is 0 Å². The lowest BCUT2D eigenvalue weighted by Crippen LogP contribution is -2.43. The summed E-state index contributed by atoms with van der Waals surface area (Å²) in [5.41, 5.74) is 6.95. The lowest BCUT2D eigenvalue weighted by molar-refractivity contribution is 0.145. The van der Waals surface area contributed by atoms with Gasteiger partial charge in [0.25, 0.3) is 0 Å². The first-order valence-electron chi connectivity index (χ1n) is 6.08. The fourth-order valence-electron chi connectivity index (χ4n) is 2.40. The highest BCUT2D eigenvalue weighted by atomic mass is 35.5. The van der Waals surface area contributed by atoms with Crippen LogP contribution in [0.15, 0.2) is 18.2 Å². The van der Waals surface area contributed by atoms with Gasteiger partial charge < -0.3 is 5.73 Å². The van der Waals surface area contributed by atoms with Gasteiger partial charge in [-0.1, -0.05) is 35.7 Å². The molecule has 0 amide bonds. The van der Waals surface area contributed by atoms with E-state index in [2.05, 4.69) is 4.90 Å². The maximum Gasteiger partial charge on any atom is 0.0465 e. The van der Waals surface area contributed by atoms with Crippen molar-refractivity contribution in [2.75, 3.05) is 13.1 Å². The minimum absolute atomic E-state index is 0.496. The Morgan fingerprint density at radius 1 is 1.29 bits per heavy atom. The van der Waals surface area contributed by atoms with Gasteiger partial charge in [-0.05, 0) is 37.1 Å². The van der Waals surface area contributed by atoms with Gasteiger partial charge in [0.15, 0.2) is 0 Å². The second kappa shape index (κ2) is 6.05. The zero-order valence-electron chi connectivity index (χ0n) is 9.83. The predicted molar refractivity (Wildman–Crippen MR) is 73.6 cm³/mol. The third-order valence-electron chi connectivity index (χ3n) is 3.41. The average molecular weight is 273 g/mol. The van der Waals surface area contributed by atoms with E-state index in [1.807, 2.05) is 12.1 Å². The lowest BCUT2D eigenvalue weighted by Gasteiger charge is -2.35. The number of halogens is 2. The number of rotatable bonds is 3. The molecule has 1 aliphatic heterocycles. The number of piperidine rings is 1. The molecule has 2 nitrogen and oxygen atoms in total. The highest BCUT2D eigenvalue weighted by Crippen LogP contribution is 2.25. The van der Waals surface area contributed by atoms with E-state index in [4.69, 9.17) is 28.9 Å². The van der Waals surface area contributed by atoms with E-state index in [0.29, 0.717) is 11.1 Å². The van der Waals surface area contributed by atoms with Gasteiger partial charge >= 0.3 is 0 Å². The van der Waals surface area contributed by atoms with Crippen LogP contribution in [0.4, 0.5) is 0 Å². The zero-order chi connectivity index (χ0) is 12.3. The third kappa shape index (κ3) is 3.35. The third-order valence-corrected chi connectivity index (χ3v) is 4.00. The Morgan fingerprint density at radius 2 is 2.12 bits per heavy atom. The molecule has 1 atom stereocenters. The maximum atomic E-state index is 6.20. The van der Waals surface area contributed by atoms with Crippen molar-refractivity contribution in [1.29, 1.82) is 0 Å². The molecule has 0 radical (unpaired) electrons. The van der Waals surface area contributed by atoms with Crippen molar-refractivity contribution in [3.05, 3.63) is 33.8 Å². The quantitative estimate of drug-likeness (QED) is 0.915. The Balaban J connectivity index is 2.08. The van der Waals surface area contributed by atoms with Gasteiger partial charge in [-0.3, -0.25) is 4.90 Å².